The average molecular weight is 343 g/mol. The third kappa shape index (κ3) is 2.17. The maximum absolute atomic E-state index is 12.9. The molecule has 0 bridgehead atoms. The highest BCUT2D eigenvalue weighted by molar-refractivity contribution is 6.35. The number of ether oxygens (including phenoxy) is 1. The van der Waals surface area contributed by atoms with Crippen molar-refractivity contribution in [2.75, 3.05) is 0 Å². The van der Waals surface area contributed by atoms with Crippen molar-refractivity contribution in [3.8, 4) is 16.9 Å². The zero-order valence-corrected chi connectivity index (χ0v) is 13.0. The molecule has 24 heavy (non-hydrogen) atoms. The molecule has 0 aliphatic carbocycles. The van der Waals surface area contributed by atoms with Crippen molar-refractivity contribution >= 4 is 28.5 Å². The standard InChI is InChI=1S/C18H11ClO5/c19-12-7-13-10(6-14(24-13)18(21)22)17-15(12)16(20)11(8-23-17)9-4-2-1-3-5-9/h1-5,7-8,14H,6H2,(H,21,22). The van der Waals surface area contributed by atoms with Crippen molar-refractivity contribution in [1.82, 2.24) is 0 Å². The Labute approximate surface area is 141 Å². The van der Waals surface area contributed by atoms with Crippen LogP contribution in [0.1, 0.15) is 5.56 Å². The van der Waals surface area contributed by atoms with Gasteiger partial charge in [-0.3, -0.25) is 4.79 Å². The molecule has 1 atom stereocenters. The number of carboxylic acid groups (broad SMARTS) is 1. The molecule has 1 aliphatic heterocycles. The molecule has 120 valence electrons. The molecule has 0 amide bonds. The number of hydrogen-bond donors (Lipinski definition) is 1. The summed E-state index contributed by atoms with van der Waals surface area (Å²) in [4.78, 5) is 24.0. The van der Waals surface area contributed by atoms with Gasteiger partial charge in [0.05, 0.1) is 16.0 Å². The Morgan fingerprint density at radius 2 is 2.00 bits per heavy atom. The van der Waals surface area contributed by atoms with Crippen LogP contribution >= 0.6 is 11.6 Å². The van der Waals surface area contributed by atoms with E-state index in [1.54, 1.807) is 0 Å². The molecule has 0 radical (unpaired) electrons. The maximum atomic E-state index is 12.9. The van der Waals surface area contributed by atoms with Crippen molar-refractivity contribution < 1.29 is 19.1 Å². The Morgan fingerprint density at radius 1 is 1.25 bits per heavy atom. The van der Waals surface area contributed by atoms with Crippen LogP contribution in [0.2, 0.25) is 5.02 Å². The number of halogens is 1. The molecule has 0 saturated heterocycles. The highest BCUT2D eigenvalue weighted by Crippen LogP contribution is 2.39. The first-order chi connectivity index (χ1) is 11.6. The molecule has 4 rings (SSSR count). The van der Waals surface area contributed by atoms with E-state index in [1.807, 2.05) is 30.3 Å². The Morgan fingerprint density at radius 3 is 2.71 bits per heavy atom. The minimum Gasteiger partial charge on any atom is -0.478 e. The third-order valence-corrected chi connectivity index (χ3v) is 4.38. The molecule has 6 heteroatoms. The summed E-state index contributed by atoms with van der Waals surface area (Å²) in [5, 5.41) is 9.55. The lowest BCUT2D eigenvalue weighted by Crippen LogP contribution is -2.24. The fourth-order valence-corrected chi connectivity index (χ4v) is 3.20. The van der Waals surface area contributed by atoms with E-state index in [-0.39, 0.29) is 27.8 Å². The van der Waals surface area contributed by atoms with Crippen LogP contribution < -0.4 is 10.2 Å². The van der Waals surface area contributed by atoms with E-state index in [1.165, 1.54) is 12.3 Å². The fraction of sp³-hybridized carbons (Fsp3) is 0.111. The van der Waals surface area contributed by atoms with Crippen LogP contribution in [0, 0.1) is 0 Å². The van der Waals surface area contributed by atoms with Crippen LogP contribution in [-0.4, -0.2) is 17.2 Å². The van der Waals surface area contributed by atoms with Crippen LogP contribution in [0.5, 0.6) is 5.75 Å². The molecule has 0 fully saturated rings. The van der Waals surface area contributed by atoms with Gasteiger partial charge in [-0.2, -0.15) is 0 Å². The summed E-state index contributed by atoms with van der Waals surface area (Å²) in [5.74, 6) is -0.728. The van der Waals surface area contributed by atoms with E-state index < -0.39 is 12.1 Å². The summed E-state index contributed by atoms with van der Waals surface area (Å²) in [6.07, 6.45) is 0.511. The molecule has 1 N–H and O–H groups in total. The molecule has 3 aromatic rings. The lowest BCUT2D eigenvalue weighted by atomic mass is 10.0. The second-order valence-corrected chi connectivity index (χ2v) is 5.94. The lowest BCUT2D eigenvalue weighted by Gasteiger charge is -2.07. The van der Waals surface area contributed by atoms with Crippen LogP contribution in [0.4, 0.5) is 0 Å². The molecule has 1 aromatic heterocycles. The highest BCUT2D eigenvalue weighted by atomic mass is 35.5. The smallest absolute Gasteiger partial charge is 0.345 e. The van der Waals surface area contributed by atoms with Gasteiger partial charge in [0.25, 0.3) is 0 Å². The van der Waals surface area contributed by atoms with Gasteiger partial charge in [0.15, 0.2) is 6.10 Å². The van der Waals surface area contributed by atoms with E-state index in [0.29, 0.717) is 16.9 Å². The lowest BCUT2D eigenvalue weighted by molar-refractivity contribution is -0.144. The van der Waals surface area contributed by atoms with Gasteiger partial charge in [0, 0.05) is 18.1 Å². The Balaban J connectivity index is 1.96. The van der Waals surface area contributed by atoms with Gasteiger partial charge in [-0.1, -0.05) is 41.9 Å². The molecule has 1 unspecified atom stereocenters. The molecule has 2 aromatic carbocycles. The maximum Gasteiger partial charge on any atom is 0.345 e. The number of aliphatic carboxylic acids is 1. The van der Waals surface area contributed by atoms with E-state index in [2.05, 4.69) is 0 Å². The second-order valence-electron chi connectivity index (χ2n) is 5.53. The second kappa shape index (κ2) is 5.39. The molecular formula is C18H11ClO5. The SMILES string of the molecule is O=C(O)C1Cc2c(cc(Cl)c3c(=O)c(-c4ccccc4)coc23)O1. The van der Waals surface area contributed by atoms with Gasteiger partial charge in [-0.15, -0.1) is 0 Å². The van der Waals surface area contributed by atoms with Gasteiger partial charge in [-0.05, 0) is 5.56 Å². The Hall–Kier alpha value is -2.79. The quantitative estimate of drug-likeness (QED) is 0.771. The van der Waals surface area contributed by atoms with Crippen LogP contribution in [0.3, 0.4) is 0 Å². The van der Waals surface area contributed by atoms with E-state index >= 15 is 0 Å². The zero-order valence-electron chi connectivity index (χ0n) is 12.3. The number of carbonyl (C=O) groups is 1. The number of fused-ring (bicyclic) bond motifs is 3. The van der Waals surface area contributed by atoms with Crippen molar-refractivity contribution in [3.63, 3.8) is 0 Å². The highest BCUT2D eigenvalue weighted by Gasteiger charge is 2.32. The normalized spacial score (nSPS) is 16.0. The summed E-state index contributed by atoms with van der Waals surface area (Å²) in [7, 11) is 0. The number of hydrogen-bond acceptors (Lipinski definition) is 4. The van der Waals surface area contributed by atoms with E-state index in [9.17, 15) is 9.59 Å². The number of benzene rings is 2. The zero-order chi connectivity index (χ0) is 16.8. The van der Waals surface area contributed by atoms with Gasteiger partial charge in [0.1, 0.15) is 17.6 Å². The summed E-state index contributed by atoms with van der Waals surface area (Å²) in [5.41, 5.74) is 1.71. The van der Waals surface area contributed by atoms with E-state index in [0.717, 1.165) is 5.56 Å². The molecule has 2 heterocycles. The monoisotopic (exact) mass is 342 g/mol. The predicted molar refractivity (Wildman–Crippen MR) is 88.7 cm³/mol. The summed E-state index contributed by atoms with van der Waals surface area (Å²) >= 11 is 6.25. The van der Waals surface area contributed by atoms with Crippen LogP contribution in [0.25, 0.3) is 22.1 Å². The first-order valence-corrected chi connectivity index (χ1v) is 7.66. The van der Waals surface area contributed by atoms with E-state index in [4.69, 9.17) is 25.9 Å². The van der Waals surface area contributed by atoms with Gasteiger partial charge < -0.3 is 14.3 Å². The third-order valence-electron chi connectivity index (χ3n) is 4.08. The molecule has 1 aliphatic rings. The van der Waals surface area contributed by atoms with Gasteiger partial charge in [-0.25, -0.2) is 4.79 Å². The van der Waals surface area contributed by atoms with Gasteiger partial charge >= 0.3 is 5.97 Å². The van der Waals surface area contributed by atoms with Crippen LogP contribution in [0.15, 0.2) is 51.9 Å². The average Bonchev–Trinajstić information content (AvgIpc) is 3.00. The Kier molecular flexibility index (Phi) is 3.32. The predicted octanol–water partition coefficient (Wildman–Crippen LogP) is 3.50. The number of rotatable bonds is 2. The topological polar surface area (TPSA) is 76.7 Å². The summed E-state index contributed by atoms with van der Waals surface area (Å²) in [6.45, 7) is 0. The largest absolute Gasteiger partial charge is 0.478 e. The minimum atomic E-state index is -1.07. The fourth-order valence-electron chi connectivity index (χ4n) is 2.93. The van der Waals surface area contributed by atoms with Gasteiger partial charge in [0.2, 0.25) is 5.43 Å². The molecule has 5 nitrogen and oxygen atoms in total. The first-order valence-electron chi connectivity index (χ1n) is 7.28. The molecule has 0 spiro atoms. The summed E-state index contributed by atoms with van der Waals surface area (Å²) < 4.78 is 11.0. The molecule has 0 saturated carbocycles. The summed E-state index contributed by atoms with van der Waals surface area (Å²) in [6, 6.07) is 10.6. The molecular weight excluding hydrogens is 332 g/mol. The Bertz CT molecular complexity index is 1020. The minimum absolute atomic E-state index is 0.131. The first kappa shape index (κ1) is 14.8. The van der Waals surface area contributed by atoms with Crippen molar-refractivity contribution in [2.24, 2.45) is 0 Å². The van der Waals surface area contributed by atoms with Crippen molar-refractivity contribution in [1.29, 1.82) is 0 Å². The number of carboxylic acids is 1. The van der Waals surface area contributed by atoms with Crippen LogP contribution in [-0.2, 0) is 11.2 Å². The van der Waals surface area contributed by atoms with Crippen molar-refractivity contribution in [2.45, 2.75) is 12.5 Å². The van der Waals surface area contributed by atoms with Crippen molar-refractivity contribution in [3.05, 3.63) is 63.5 Å².